The van der Waals surface area contributed by atoms with E-state index in [0.717, 1.165) is 17.7 Å². The van der Waals surface area contributed by atoms with Gasteiger partial charge in [0.05, 0.1) is 29.9 Å². The summed E-state index contributed by atoms with van der Waals surface area (Å²) in [4.78, 5) is 0.00544. The van der Waals surface area contributed by atoms with Gasteiger partial charge < -0.3 is 0 Å². The first-order valence-corrected chi connectivity index (χ1v) is 11.6. The Hall–Kier alpha value is -2.10. The first-order valence-electron chi connectivity index (χ1n) is 9.39. The number of hydrogen-bond donors (Lipinski definition) is 0. The summed E-state index contributed by atoms with van der Waals surface area (Å²) in [6, 6.07) is 11.6. The Kier molecular flexibility index (Phi) is 6.45. The summed E-state index contributed by atoms with van der Waals surface area (Å²) >= 11 is 3.17. The highest BCUT2D eigenvalue weighted by atomic mass is 79.9. The van der Waals surface area contributed by atoms with Crippen molar-refractivity contribution in [3.63, 3.8) is 0 Å². The first kappa shape index (κ1) is 22.6. The van der Waals surface area contributed by atoms with E-state index in [4.69, 9.17) is 0 Å². The van der Waals surface area contributed by atoms with Gasteiger partial charge >= 0.3 is 0 Å². The molecule has 0 spiro atoms. The molecule has 0 aliphatic carbocycles. The molecule has 3 aromatic rings. The van der Waals surface area contributed by atoms with E-state index in [9.17, 15) is 12.8 Å². The van der Waals surface area contributed by atoms with Gasteiger partial charge in [-0.05, 0) is 67.4 Å². The van der Waals surface area contributed by atoms with Gasteiger partial charge in [-0.3, -0.25) is 0 Å². The molecule has 0 fully saturated rings. The van der Waals surface area contributed by atoms with E-state index in [2.05, 4.69) is 26.2 Å². The lowest BCUT2D eigenvalue weighted by atomic mass is 10.1. The van der Waals surface area contributed by atoms with Crippen molar-refractivity contribution in [3.05, 3.63) is 75.8 Å². The summed E-state index contributed by atoms with van der Waals surface area (Å²) in [7, 11) is -3.92. The van der Waals surface area contributed by atoms with Crippen molar-refractivity contribution in [2.24, 2.45) is 0 Å². The van der Waals surface area contributed by atoms with Gasteiger partial charge in [0.1, 0.15) is 5.82 Å². The molecule has 30 heavy (non-hydrogen) atoms. The highest BCUT2D eigenvalue weighted by molar-refractivity contribution is 9.10. The van der Waals surface area contributed by atoms with Crippen LogP contribution in [0.25, 0.3) is 0 Å². The third-order valence-corrected chi connectivity index (χ3v) is 7.65. The van der Waals surface area contributed by atoms with Gasteiger partial charge in [0.2, 0.25) is 10.0 Å². The minimum absolute atomic E-state index is 0.00544. The van der Waals surface area contributed by atoms with Crippen molar-refractivity contribution in [3.8, 4) is 0 Å². The maximum Gasteiger partial charge on any atom is 0.245 e. The lowest BCUT2D eigenvalue weighted by molar-refractivity contribution is 0.240. The molecule has 3 rings (SSSR count). The molecule has 0 atom stereocenters. The van der Waals surface area contributed by atoms with Crippen LogP contribution in [0.15, 0.2) is 58.0 Å². The number of halogens is 2. The minimum Gasteiger partial charge on any atom is -0.248 e. The monoisotopic (exact) mass is 494 g/mol. The van der Waals surface area contributed by atoms with E-state index < -0.39 is 21.4 Å². The molecular weight excluding hydrogens is 471 g/mol. The predicted molar refractivity (Wildman–Crippen MR) is 117 cm³/mol. The van der Waals surface area contributed by atoms with Gasteiger partial charge in [-0.1, -0.05) is 35.0 Å². The Bertz CT molecular complexity index is 1140. The zero-order valence-electron chi connectivity index (χ0n) is 17.3. The van der Waals surface area contributed by atoms with E-state index in [1.54, 1.807) is 31.6 Å². The fourth-order valence-electron chi connectivity index (χ4n) is 3.00. The Morgan fingerprint density at radius 3 is 2.40 bits per heavy atom. The van der Waals surface area contributed by atoms with Crippen LogP contribution >= 0.6 is 15.9 Å². The van der Waals surface area contributed by atoms with Gasteiger partial charge in [0.15, 0.2) is 0 Å². The molecule has 9 heteroatoms. The number of rotatable bonds is 6. The highest BCUT2D eigenvalue weighted by Gasteiger charge is 2.36. The Morgan fingerprint density at radius 1 is 1.13 bits per heavy atom. The number of nitrogens with zero attached hydrogens (tertiary/aromatic N) is 4. The average Bonchev–Trinajstić information content (AvgIpc) is 3.07. The Labute approximate surface area is 184 Å². The van der Waals surface area contributed by atoms with Crippen molar-refractivity contribution >= 4 is 26.0 Å². The van der Waals surface area contributed by atoms with Crippen LogP contribution in [0.5, 0.6) is 0 Å². The lowest BCUT2D eigenvalue weighted by Gasteiger charge is -2.34. The topological polar surface area (TPSA) is 68.1 Å². The normalized spacial score (nSPS) is 12.5. The van der Waals surface area contributed by atoms with E-state index >= 15 is 0 Å². The zero-order chi connectivity index (χ0) is 22.1. The zero-order valence-corrected chi connectivity index (χ0v) is 19.7. The molecule has 2 aromatic carbocycles. The molecular formula is C21H24BrFN4O2S. The van der Waals surface area contributed by atoms with Crippen molar-refractivity contribution < 1.29 is 12.8 Å². The summed E-state index contributed by atoms with van der Waals surface area (Å²) in [5.74, 6) is -0.512. The number of hydrogen-bond acceptors (Lipinski definition) is 4. The van der Waals surface area contributed by atoms with Crippen molar-refractivity contribution in [2.75, 3.05) is 0 Å². The van der Waals surface area contributed by atoms with E-state index in [-0.39, 0.29) is 15.9 Å². The Morgan fingerprint density at radius 2 is 1.80 bits per heavy atom. The maximum atomic E-state index is 13.5. The second kappa shape index (κ2) is 8.56. The third-order valence-electron chi connectivity index (χ3n) is 4.57. The Balaban J connectivity index is 1.87. The van der Waals surface area contributed by atoms with Crippen LogP contribution in [-0.2, 0) is 23.1 Å². The molecule has 0 bridgehead atoms. The van der Waals surface area contributed by atoms with Gasteiger partial charge in [-0.2, -0.15) is 4.31 Å². The fourth-order valence-corrected chi connectivity index (χ4v) is 5.77. The summed E-state index contributed by atoms with van der Waals surface area (Å²) in [6.45, 7) is 8.02. The quantitative estimate of drug-likeness (QED) is 0.504. The number of sulfonamides is 1. The van der Waals surface area contributed by atoms with Crippen LogP contribution in [0.1, 0.15) is 37.6 Å². The SMILES string of the molecule is Cc1ccc(Cn2cc(CN(C(C)(C)C)S(=O)(=O)c3ccc(F)cc3Br)nn2)cc1. The molecule has 0 radical (unpaired) electrons. The highest BCUT2D eigenvalue weighted by Crippen LogP contribution is 2.31. The van der Waals surface area contributed by atoms with Gasteiger partial charge in [-0.25, -0.2) is 17.5 Å². The molecule has 6 nitrogen and oxygen atoms in total. The van der Waals surface area contributed by atoms with Crippen LogP contribution < -0.4 is 0 Å². The molecule has 0 N–H and O–H groups in total. The maximum absolute atomic E-state index is 13.5. The van der Waals surface area contributed by atoms with Crippen molar-refractivity contribution in [1.29, 1.82) is 0 Å². The standard InChI is InChI=1S/C21H24BrFN4O2S/c1-15-5-7-16(8-6-15)12-26-13-18(24-25-26)14-27(21(2,3)4)30(28,29)20-10-9-17(23)11-19(20)22/h5-11,13H,12,14H2,1-4H3. The average molecular weight is 495 g/mol. The molecule has 0 saturated heterocycles. The smallest absolute Gasteiger partial charge is 0.245 e. The number of benzene rings is 2. The molecule has 1 aromatic heterocycles. The summed E-state index contributed by atoms with van der Waals surface area (Å²) in [5, 5.41) is 8.30. The second-order valence-corrected chi connectivity index (χ2v) is 10.8. The molecule has 0 aliphatic heterocycles. The molecule has 160 valence electrons. The van der Waals surface area contributed by atoms with Gasteiger partial charge in [0, 0.05) is 10.0 Å². The molecule has 0 unspecified atom stereocenters. The van der Waals surface area contributed by atoms with Crippen LogP contribution in [0, 0.1) is 12.7 Å². The van der Waals surface area contributed by atoms with E-state index in [1.165, 1.54) is 15.9 Å². The van der Waals surface area contributed by atoms with Crippen molar-refractivity contribution in [1.82, 2.24) is 19.3 Å². The van der Waals surface area contributed by atoms with E-state index in [0.29, 0.717) is 12.2 Å². The van der Waals surface area contributed by atoms with E-state index in [1.807, 2.05) is 31.2 Å². The molecule has 0 amide bonds. The third kappa shape index (κ3) is 5.14. The van der Waals surface area contributed by atoms with Crippen LogP contribution in [0.4, 0.5) is 4.39 Å². The molecule has 1 heterocycles. The first-order chi connectivity index (χ1) is 14.0. The van der Waals surface area contributed by atoms with Crippen LogP contribution in [0.2, 0.25) is 0 Å². The predicted octanol–water partition coefficient (Wildman–Crippen LogP) is 4.53. The second-order valence-electron chi connectivity index (χ2n) is 8.15. The van der Waals surface area contributed by atoms with Gasteiger partial charge in [0.25, 0.3) is 0 Å². The minimum atomic E-state index is -3.92. The van der Waals surface area contributed by atoms with Crippen LogP contribution in [0.3, 0.4) is 0 Å². The molecule has 0 saturated carbocycles. The fraction of sp³-hybridized carbons (Fsp3) is 0.333. The van der Waals surface area contributed by atoms with Crippen molar-refractivity contribution in [2.45, 2.75) is 51.2 Å². The summed E-state index contributed by atoms with van der Waals surface area (Å²) in [6.07, 6.45) is 1.74. The van der Waals surface area contributed by atoms with Crippen LogP contribution in [-0.4, -0.2) is 33.3 Å². The lowest BCUT2D eigenvalue weighted by Crippen LogP contribution is -2.45. The number of aryl methyl sites for hydroxylation is 1. The largest absolute Gasteiger partial charge is 0.248 e. The summed E-state index contributed by atoms with van der Waals surface area (Å²) < 4.78 is 43.4. The van der Waals surface area contributed by atoms with Gasteiger partial charge in [-0.15, -0.1) is 5.10 Å². The number of aromatic nitrogens is 3. The summed E-state index contributed by atoms with van der Waals surface area (Å²) in [5.41, 5.74) is 2.05. The molecule has 0 aliphatic rings.